The molecule has 0 aromatic carbocycles. The van der Waals surface area contributed by atoms with Gasteiger partial charge in [0.1, 0.15) is 19.3 Å². The van der Waals surface area contributed by atoms with Gasteiger partial charge in [0.25, 0.3) is 0 Å². The van der Waals surface area contributed by atoms with Crippen LogP contribution in [0.25, 0.3) is 0 Å². The normalized spacial score (nSPS) is 13.7. The van der Waals surface area contributed by atoms with E-state index in [4.69, 9.17) is 37.0 Å². The molecule has 0 rings (SSSR count). The molecule has 0 radical (unpaired) electrons. The van der Waals surface area contributed by atoms with Gasteiger partial charge < -0.3 is 33.8 Å². The lowest BCUT2D eigenvalue weighted by molar-refractivity contribution is -0.161. The lowest BCUT2D eigenvalue weighted by Crippen LogP contribution is -2.30. The quantitative estimate of drug-likeness (QED) is 0.0222. The maximum atomic E-state index is 13.1. The average molecular weight is 1510 g/mol. The first-order valence-corrected chi connectivity index (χ1v) is 46.8. The molecule has 0 fully saturated rings. The molecule has 612 valence electrons. The number of phosphoric acid groups is 2. The minimum Gasteiger partial charge on any atom is -0.462 e. The highest BCUT2D eigenvalue weighted by Crippen LogP contribution is 2.45. The lowest BCUT2D eigenvalue weighted by Gasteiger charge is -2.21. The summed E-state index contributed by atoms with van der Waals surface area (Å²) in [5.74, 6) is -2.10. The van der Waals surface area contributed by atoms with Crippen molar-refractivity contribution in [3.05, 3.63) is 0 Å². The third kappa shape index (κ3) is 78.0. The van der Waals surface area contributed by atoms with Gasteiger partial charge in [-0.2, -0.15) is 0 Å². The third-order valence-corrected chi connectivity index (χ3v) is 21.8. The lowest BCUT2D eigenvalue weighted by atomic mass is 10.0. The number of carbonyl (C=O) groups excluding carboxylic acids is 4. The Balaban J connectivity index is 5.20. The molecule has 0 aromatic heterocycles. The highest BCUT2D eigenvalue weighted by Gasteiger charge is 2.30. The molecule has 0 aliphatic rings. The summed E-state index contributed by atoms with van der Waals surface area (Å²) in [6, 6.07) is 0. The van der Waals surface area contributed by atoms with Gasteiger partial charge in [-0.25, -0.2) is 9.13 Å². The fourth-order valence-electron chi connectivity index (χ4n) is 13.2. The maximum Gasteiger partial charge on any atom is 0.472 e. The Hall–Kier alpha value is -1.94. The second-order valence-electron chi connectivity index (χ2n) is 30.2. The summed E-state index contributed by atoms with van der Waals surface area (Å²) < 4.78 is 68.8. The number of hydrogen-bond acceptors (Lipinski definition) is 15. The number of ether oxygens (including phenoxy) is 4. The Labute approximate surface area is 632 Å². The van der Waals surface area contributed by atoms with Gasteiger partial charge in [0.2, 0.25) is 0 Å². The first-order valence-electron chi connectivity index (χ1n) is 43.8. The van der Waals surface area contributed by atoms with Crippen LogP contribution in [-0.4, -0.2) is 96.7 Å². The van der Waals surface area contributed by atoms with E-state index in [0.717, 1.165) is 89.9 Å². The molecule has 103 heavy (non-hydrogen) atoms. The predicted molar refractivity (Wildman–Crippen MR) is 423 cm³/mol. The number of aliphatic hydroxyl groups excluding tert-OH is 1. The van der Waals surface area contributed by atoms with Crippen LogP contribution in [0.1, 0.15) is 458 Å². The molecule has 0 aromatic rings. The van der Waals surface area contributed by atoms with Crippen molar-refractivity contribution >= 4 is 39.5 Å². The monoisotopic (exact) mass is 1510 g/mol. The van der Waals surface area contributed by atoms with Gasteiger partial charge >= 0.3 is 39.5 Å². The SMILES string of the molecule is CCCCCCCCCCCCCCCCCCCCCCCCC(=O)O[C@H](COC(=O)CCCCCCCCCCCCCCCCCCCC)COP(=O)(O)OC[C@@H](O)COP(=O)(O)OC[C@@H](COC(=O)CCCCCCCCCCCC)OC(=O)CCCCCCCCCCCCCCC. The predicted octanol–water partition coefficient (Wildman–Crippen LogP) is 25.7. The zero-order chi connectivity index (χ0) is 75.3. The molecule has 0 bridgehead atoms. The van der Waals surface area contributed by atoms with E-state index in [1.54, 1.807) is 0 Å². The first-order chi connectivity index (χ1) is 50.2. The van der Waals surface area contributed by atoms with Crippen LogP contribution >= 0.6 is 15.6 Å². The van der Waals surface area contributed by atoms with E-state index in [2.05, 4.69) is 27.7 Å². The molecule has 17 nitrogen and oxygen atoms in total. The molecule has 3 N–H and O–H groups in total. The van der Waals surface area contributed by atoms with Gasteiger partial charge in [-0.05, 0) is 25.7 Å². The van der Waals surface area contributed by atoms with E-state index in [-0.39, 0.29) is 25.7 Å². The second kappa shape index (κ2) is 78.2. The van der Waals surface area contributed by atoms with Crippen LogP contribution in [0, 0.1) is 0 Å². The molecular formula is C84H164O17P2. The van der Waals surface area contributed by atoms with Gasteiger partial charge in [-0.1, -0.05) is 407 Å². The van der Waals surface area contributed by atoms with Crippen LogP contribution in [0.3, 0.4) is 0 Å². The fourth-order valence-corrected chi connectivity index (χ4v) is 14.7. The largest absolute Gasteiger partial charge is 0.472 e. The molecule has 0 aliphatic carbocycles. The minimum absolute atomic E-state index is 0.108. The van der Waals surface area contributed by atoms with Crippen LogP contribution in [0.4, 0.5) is 0 Å². The van der Waals surface area contributed by atoms with Crippen LogP contribution in [0.15, 0.2) is 0 Å². The van der Waals surface area contributed by atoms with Crippen LogP contribution in [0.5, 0.6) is 0 Å². The molecule has 2 unspecified atom stereocenters. The maximum absolute atomic E-state index is 13.1. The van der Waals surface area contributed by atoms with E-state index >= 15 is 0 Å². The van der Waals surface area contributed by atoms with Crippen LogP contribution in [-0.2, 0) is 65.4 Å². The Morgan fingerprint density at radius 3 is 0.573 bits per heavy atom. The van der Waals surface area contributed by atoms with E-state index < -0.39 is 97.5 Å². The number of carbonyl (C=O) groups is 4. The number of phosphoric ester groups is 2. The van der Waals surface area contributed by atoms with Crippen molar-refractivity contribution in [3.8, 4) is 0 Å². The Bertz CT molecular complexity index is 1950. The summed E-state index contributed by atoms with van der Waals surface area (Å²) in [5.41, 5.74) is 0. The number of unbranched alkanes of at least 4 members (excludes halogenated alkanes) is 59. The standard InChI is InChI=1S/C84H164O17P2/c1-5-9-13-17-21-25-29-32-34-36-38-39-40-41-43-45-48-51-55-59-63-67-71-84(89)101-80(75-95-82(87)69-65-61-57-53-49-47-44-42-37-35-33-30-26-22-18-14-10-6-2)77-99-103(92,93)97-73-78(85)72-96-102(90,91)98-76-79(74-94-81(86)68-64-60-56-52-28-24-20-16-12-8-4)100-83(88)70-66-62-58-54-50-46-31-27-23-19-15-11-7-3/h78-80,85H,5-77H2,1-4H3,(H,90,91)(H,92,93)/t78-,79+,80+/m0/s1. The summed E-state index contributed by atoms with van der Waals surface area (Å²) in [4.78, 5) is 73.1. The molecule has 0 saturated carbocycles. The van der Waals surface area contributed by atoms with E-state index in [1.165, 1.54) is 289 Å². The van der Waals surface area contributed by atoms with Crippen molar-refractivity contribution in [1.82, 2.24) is 0 Å². The third-order valence-electron chi connectivity index (χ3n) is 19.9. The van der Waals surface area contributed by atoms with Gasteiger partial charge in [-0.3, -0.25) is 37.3 Å². The average Bonchev–Trinajstić information content (AvgIpc) is 0.943. The van der Waals surface area contributed by atoms with Crippen molar-refractivity contribution < 1.29 is 80.2 Å². The van der Waals surface area contributed by atoms with E-state index in [0.29, 0.717) is 25.7 Å². The first kappa shape index (κ1) is 101. The molecule has 0 spiro atoms. The number of rotatable bonds is 85. The van der Waals surface area contributed by atoms with Crippen molar-refractivity contribution in [1.29, 1.82) is 0 Å². The molecule has 0 amide bonds. The van der Waals surface area contributed by atoms with E-state index in [9.17, 15) is 43.2 Å². The van der Waals surface area contributed by atoms with Gasteiger partial charge in [0.15, 0.2) is 12.2 Å². The summed E-state index contributed by atoms with van der Waals surface area (Å²) in [5, 5.41) is 10.7. The van der Waals surface area contributed by atoms with E-state index in [1.807, 2.05) is 0 Å². The highest BCUT2D eigenvalue weighted by molar-refractivity contribution is 7.47. The molecule has 19 heteroatoms. The summed E-state index contributed by atoms with van der Waals surface area (Å²) in [6.45, 7) is 5.03. The van der Waals surface area contributed by atoms with Crippen molar-refractivity contribution in [2.75, 3.05) is 39.6 Å². The Morgan fingerprint density at radius 1 is 0.233 bits per heavy atom. The molecule has 0 heterocycles. The molecule has 5 atom stereocenters. The van der Waals surface area contributed by atoms with Crippen molar-refractivity contribution in [2.45, 2.75) is 476 Å². The number of aliphatic hydroxyl groups is 1. The molecule has 0 aliphatic heterocycles. The number of hydrogen-bond donors (Lipinski definition) is 3. The fraction of sp³-hybridized carbons (Fsp3) is 0.952. The zero-order valence-electron chi connectivity index (χ0n) is 67.3. The van der Waals surface area contributed by atoms with Gasteiger partial charge in [0.05, 0.1) is 26.4 Å². The minimum atomic E-state index is -4.96. The van der Waals surface area contributed by atoms with Crippen molar-refractivity contribution in [2.24, 2.45) is 0 Å². The summed E-state index contributed by atoms with van der Waals surface area (Å²) in [6.07, 6.45) is 72.2. The number of esters is 4. The molecular weight excluding hydrogens is 1340 g/mol. The zero-order valence-corrected chi connectivity index (χ0v) is 69.1. The Morgan fingerprint density at radius 2 is 0.388 bits per heavy atom. The summed E-state index contributed by atoms with van der Waals surface area (Å²) >= 11 is 0. The van der Waals surface area contributed by atoms with Crippen molar-refractivity contribution in [3.63, 3.8) is 0 Å². The van der Waals surface area contributed by atoms with Crippen LogP contribution < -0.4 is 0 Å². The topological polar surface area (TPSA) is 237 Å². The van der Waals surface area contributed by atoms with Gasteiger partial charge in [-0.15, -0.1) is 0 Å². The summed E-state index contributed by atoms with van der Waals surface area (Å²) in [7, 11) is -9.92. The molecule has 0 saturated heterocycles. The second-order valence-corrected chi connectivity index (χ2v) is 33.1. The smallest absolute Gasteiger partial charge is 0.462 e. The highest BCUT2D eigenvalue weighted by atomic mass is 31.2. The van der Waals surface area contributed by atoms with Gasteiger partial charge in [0, 0.05) is 25.7 Å². The Kier molecular flexibility index (Phi) is 76.7. The van der Waals surface area contributed by atoms with Crippen LogP contribution in [0.2, 0.25) is 0 Å².